The van der Waals surface area contributed by atoms with Crippen molar-refractivity contribution in [3.8, 4) is 0 Å². The predicted octanol–water partition coefficient (Wildman–Crippen LogP) is 1.93. The van der Waals surface area contributed by atoms with E-state index in [1.807, 2.05) is 6.92 Å². The number of carbonyl (C=O) groups excluding carboxylic acids is 1. The Morgan fingerprint density at radius 3 is 2.62 bits per heavy atom. The molecule has 2 atom stereocenters. The lowest BCUT2D eigenvalue weighted by molar-refractivity contribution is -0.134. The molecule has 0 aromatic carbocycles. The van der Waals surface area contributed by atoms with Crippen molar-refractivity contribution in [3.63, 3.8) is 0 Å². The SMILES string of the molecule is C[C@@H]1C(=O)N[C@@H]1Cn1ncc(CO[Si](C)(C)C(C)(C)C)n1. The van der Waals surface area contributed by atoms with Crippen molar-refractivity contribution in [1.29, 1.82) is 0 Å². The number of nitrogens with zero attached hydrogens (tertiary/aromatic N) is 3. The van der Waals surface area contributed by atoms with Gasteiger partial charge in [-0.1, -0.05) is 27.7 Å². The van der Waals surface area contributed by atoms with E-state index in [0.29, 0.717) is 13.2 Å². The summed E-state index contributed by atoms with van der Waals surface area (Å²) < 4.78 is 6.13. The molecule has 0 saturated carbocycles. The van der Waals surface area contributed by atoms with Gasteiger partial charge < -0.3 is 9.74 Å². The molecule has 2 rings (SSSR count). The summed E-state index contributed by atoms with van der Waals surface area (Å²) in [6.45, 7) is 14.2. The highest BCUT2D eigenvalue weighted by Gasteiger charge is 2.37. The largest absolute Gasteiger partial charge is 0.411 e. The molecule has 1 aromatic heterocycles. The third-order valence-electron chi connectivity index (χ3n) is 4.68. The van der Waals surface area contributed by atoms with Gasteiger partial charge in [0.1, 0.15) is 5.69 Å². The minimum atomic E-state index is -1.76. The van der Waals surface area contributed by atoms with Crippen LogP contribution < -0.4 is 5.32 Å². The number of β-lactam (4-membered cyclic amide) rings is 1. The molecule has 0 unspecified atom stereocenters. The Balaban J connectivity index is 1.88. The van der Waals surface area contributed by atoms with Gasteiger partial charge in [0, 0.05) is 0 Å². The normalized spacial score (nSPS) is 22.9. The zero-order valence-electron chi connectivity index (χ0n) is 13.8. The molecule has 1 N–H and O–H groups in total. The molecular formula is C14H26N4O2Si. The lowest BCUT2D eigenvalue weighted by Gasteiger charge is -2.35. The van der Waals surface area contributed by atoms with Gasteiger partial charge in [0.2, 0.25) is 5.91 Å². The Morgan fingerprint density at radius 1 is 1.43 bits per heavy atom. The maximum absolute atomic E-state index is 11.2. The number of aromatic nitrogens is 3. The molecule has 1 fully saturated rings. The van der Waals surface area contributed by atoms with Crippen molar-refractivity contribution in [3.05, 3.63) is 11.9 Å². The smallest absolute Gasteiger partial charge is 0.225 e. The van der Waals surface area contributed by atoms with E-state index in [1.54, 1.807) is 11.0 Å². The lowest BCUT2D eigenvalue weighted by atomic mass is 9.93. The van der Waals surface area contributed by atoms with Crippen LogP contribution in [-0.4, -0.2) is 35.3 Å². The second kappa shape index (κ2) is 5.53. The van der Waals surface area contributed by atoms with Crippen LogP contribution in [0, 0.1) is 5.92 Å². The number of hydrogen-bond acceptors (Lipinski definition) is 4. The summed E-state index contributed by atoms with van der Waals surface area (Å²) in [6.07, 6.45) is 1.75. The topological polar surface area (TPSA) is 69.0 Å². The molecule has 1 aliphatic rings. The van der Waals surface area contributed by atoms with Gasteiger partial charge in [-0.15, -0.1) is 0 Å². The average molecular weight is 310 g/mol. The summed E-state index contributed by atoms with van der Waals surface area (Å²) in [5, 5.41) is 11.7. The summed E-state index contributed by atoms with van der Waals surface area (Å²) >= 11 is 0. The second-order valence-corrected chi connectivity index (χ2v) is 12.2. The van der Waals surface area contributed by atoms with Crippen LogP contribution in [0.1, 0.15) is 33.4 Å². The Kier molecular flexibility index (Phi) is 4.26. The molecule has 1 aromatic rings. The van der Waals surface area contributed by atoms with Crippen molar-refractivity contribution in [1.82, 2.24) is 20.3 Å². The lowest BCUT2D eigenvalue weighted by Crippen LogP contribution is -2.58. The Hall–Kier alpha value is -1.21. The second-order valence-electron chi connectivity index (χ2n) is 7.34. The van der Waals surface area contributed by atoms with E-state index in [9.17, 15) is 4.79 Å². The maximum atomic E-state index is 11.2. The minimum absolute atomic E-state index is 0.0444. The maximum Gasteiger partial charge on any atom is 0.225 e. The molecule has 21 heavy (non-hydrogen) atoms. The average Bonchev–Trinajstić information content (AvgIpc) is 2.82. The van der Waals surface area contributed by atoms with Crippen LogP contribution in [0.4, 0.5) is 0 Å². The molecule has 0 aliphatic carbocycles. The van der Waals surface area contributed by atoms with Crippen molar-refractivity contribution in [2.24, 2.45) is 5.92 Å². The molecule has 0 radical (unpaired) electrons. The van der Waals surface area contributed by atoms with Crippen molar-refractivity contribution < 1.29 is 9.22 Å². The van der Waals surface area contributed by atoms with E-state index >= 15 is 0 Å². The highest BCUT2D eigenvalue weighted by molar-refractivity contribution is 6.74. The van der Waals surface area contributed by atoms with Gasteiger partial charge in [-0.3, -0.25) is 4.79 Å². The molecule has 6 nitrogen and oxygen atoms in total. The van der Waals surface area contributed by atoms with Gasteiger partial charge in [0.05, 0.1) is 31.3 Å². The first-order chi connectivity index (χ1) is 9.60. The Bertz CT molecular complexity index is 521. The Morgan fingerprint density at radius 2 is 2.10 bits per heavy atom. The van der Waals surface area contributed by atoms with Crippen LogP contribution in [0.3, 0.4) is 0 Å². The molecule has 7 heteroatoms. The van der Waals surface area contributed by atoms with Gasteiger partial charge in [0.25, 0.3) is 0 Å². The predicted molar refractivity (Wildman–Crippen MR) is 83.1 cm³/mol. The summed E-state index contributed by atoms with van der Waals surface area (Å²) in [4.78, 5) is 12.8. The zero-order chi connectivity index (χ0) is 15.8. The summed E-state index contributed by atoms with van der Waals surface area (Å²) in [7, 11) is -1.76. The third-order valence-corrected chi connectivity index (χ3v) is 9.15. The van der Waals surface area contributed by atoms with E-state index in [-0.39, 0.29) is 22.9 Å². The fourth-order valence-corrected chi connectivity index (χ4v) is 2.81. The number of carbonyl (C=O) groups is 1. The summed E-state index contributed by atoms with van der Waals surface area (Å²) in [5.74, 6) is 0.150. The van der Waals surface area contributed by atoms with Crippen molar-refractivity contribution >= 4 is 14.2 Å². The highest BCUT2D eigenvalue weighted by Crippen LogP contribution is 2.36. The molecular weight excluding hydrogens is 284 g/mol. The van der Waals surface area contributed by atoms with Crippen LogP contribution in [0.15, 0.2) is 6.20 Å². The van der Waals surface area contributed by atoms with Crippen molar-refractivity contribution in [2.45, 2.75) is 65.0 Å². The van der Waals surface area contributed by atoms with Crippen LogP contribution in [0.25, 0.3) is 0 Å². The fraction of sp³-hybridized carbons (Fsp3) is 0.786. The van der Waals surface area contributed by atoms with Gasteiger partial charge in [-0.05, 0) is 18.1 Å². The first-order valence-electron chi connectivity index (χ1n) is 7.43. The summed E-state index contributed by atoms with van der Waals surface area (Å²) in [5.41, 5.74) is 0.845. The zero-order valence-corrected chi connectivity index (χ0v) is 14.8. The van der Waals surface area contributed by atoms with E-state index in [4.69, 9.17) is 4.43 Å². The van der Waals surface area contributed by atoms with Crippen LogP contribution in [0.2, 0.25) is 18.1 Å². The van der Waals surface area contributed by atoms with Crippen LogP contribution >= 0.6 is 0 Å². The van der Waals surface area contributed by atoms with Crippen LogP contribution in [0.5, 0.6) is 0 Å². The number of hydrogen-bond donors (Lipinski definition) is 1. The molecule has 1 saturated heterocycles. The van der Waals surface area contributed by atoms with Gasteiger partial charge in [0.15, 0.2) is 8.32 Å². The third kappa shape index (κ3) is 3.52. The highest BCUT2D eigenvalue weighted by atomic mass is 28.4. The van der Waals surface area contributed by atoms with E-state index in [1.165, 1.54) is 0 Å². The van der Waals surface area contributed by atoms with Crippen LogP contribution in [-0.2, 0) is 22.4 Å². The summed E-state index contributed by atoms with van der Waals surface area (Å²) in [6, 6.07) is 0.138. The number of amides is 1. The molecule has 0 spiro atoms. The quantitative estimate of drug-likeness (QED) is 0.666. The van der Waals surface area contributed by atoms with Crippen molar-refractivity contribution in [2.75, 3.05) is 0 Å². The molecule has 1 amide bonds. The van der Waals surface area contributed by atoms with E-state index < -0.39 is 8.32 Å². The van der Waals surface area contributed by atoms with E-state index in [2.05, 4.69) is 49.4 Å². The number of rotatable bonds is 5. The standard InChI is InChI=1S/C14H26N4O2Si/c1-10-12(16-13(10)19)8-18-15-7-11(17-18)9-20-21(5,6)14(2,3)4/h7,10,12H,8-9H2,1-6H3,(H,16,19)/t10-,12+/m0/s1. The van der Waals surface area contributed by atoms with Gasteiger partial charge in [-0.2, -0.15) is 15.0 Å². The molecule has 2 heterocycles. The first kappa shape index (κ1) is 16.2. The van der Waals surface area contributed by atoms with Gasteiger partial charge >= 0.3 is 0 Å². The minimum Gasteiger partial charge on any atom is -0.411 e. The van der Waals surface area contributed by atoms with E-state index in [0.717, 1.165) is 5.69 Å². The number of nitrogens with one attached hydrogen (secondary N) is 1. The molecule has 118 valence electrons. The monoisotopic (exact) mass is 310 g/mol. The first-order valence-corrected chi connectivity index (χ1v) is 10.3. The fourth-order valence-electron chi connectivity index (χ4n) is 1.86. The molecule has 0 bridgehead atoms. The van der Waals surface area contributed by atoms with Gasteiger partial charge in [-0.25, -0.2) is 0 Å². The molecule has 1 aliphatic heterocycles. The Labute approximate surface area is 127 Å².